The maximum absolute atomic E-state index is 12.2. The van der Waals surface area contributed by atoms with Gasteiger partial charge in [0.2, 0.25) is 5.91 Å². The summed E-state index contributed by atoms with van der Waals surface area (Å²) in [6.07, 6.45) is 7.10. The molecule has 1 aromatic heterocycles. The van der Waals surface area contributed by atoms with Crippen LogP contribution < -0.4 is 10.1 Å². The number of ether oxygens (including phenoxy) is 2. The van der Waals surface area contributed by atoms with Gasteiger partial charge in [0.25, 0.3) is 0 Å². The first kappa shape index (κ1) is 19.3. The molecule has 1 amide bonds. The molecule has 1 atom stereocenters. The summed E-state index contributed by atoms with van der Waals surface area (Å²) in [5.74, 6) is 0.743. The van der Waals surface area contributed by atoms with Gasteiger partial charge in [-0.15, -0.1) is 0 Å². The molecule has 1 unspecified atom stereocenters. The van der Waals surface area contributed by atoms with E-state index < -0.39 is 0 Å². The molecule has 1 aromatic carbocycles. The summed E-state index contributed by atoms with van der Waals surface area (Å²) < 4.78 is 11.5. The molecule has 6 nitrogen and oxygen atoms in total. The standard InChI is InChI=1S/C21H27N3O3/c1-24(14-17-9-11-22-12-10-17)15-21(25)23-18-5-7-19(8-6-18)27-16-20-4-2-3-13-26-20/h5-12,20H,2-4,13-16H2,1H3,(H,23,25). The van der Waals surface area contributed by atoms with Gasteiger partial charge in [-0.3, -0.25) is 14.7 Å². The Kier molecular flexibility index (Phi) is 7.19. The molecule has 0 spiro atoms. The number of benzene rings is 1. The summed E-state index contributed by atoms with van der Waals surface area (Å²) >= 11 is 0. The van der Waals surface area contributed by atoms with Gasteiger partial charge in [-0.05, 0) is 68.3 Å². The zero-order valence-electron chi connectivity index (χ0n) is 15.8. The number of nitrogens with zero attached hydrogens (tertiary/aromatic N) is 2. The molecular weight excluding hydrogens is 342 g/mol. The van der Waals surface area contributed by atoms with Gasteiger partial charge < -0.3 is 14.8 Å². The number of aromatic nitrogens is 1. The lowest BCUT2D eigenvalue weighted by atomic mass is 10.1. The van der Waals surface area contributed by atoms with Crippen molar-refractivity contribution in [3.05, 3.63) is 54.4 Å². The Labute approximate surface area is 160 Å². The molecule has 2 aromatic rings. The molecule has 6 heteroatoms. The molecule has 1 fully saturated rings. The Morgan fingerprint density at radius 3 is 2.70 bits per heavy atom. The predicted octanol–water partition coefficient (Wildman–Crippen LogP) is 3.10. The summed E-state index contributed by atoms with van der Waals surface area (Å²) in [4.78, 5) is 18.2. The first-order chi connectivity index (χ1) is 13.2. The van der Waals surface area contributed by atoms with Crippen LogP contribution in [0, 0.1) is 0 Å². The van der Waals surface area contributed by atoms with E-state index in [0.29, 0.717) is 19.7 Å². The second-order valence-corrected chi connectivity index (χ2v) is 6.90. The first-order valence-corrected chi connectivity index (χ1v) is 9.41. The third kappa shape index (κ3) is 6.66. The van der Waals surface area contributed by atoms with Crippen molar-refractivity contribution in [1.29, 1.82) is 0 Å². The molecule has 0 bridgehead atoms. The van der Waals surface area contributed by atoms with Gasteiger partial charge in [0.15, 0.2) is 0 Å². The molecule has 0 radical (unpaired) electrons. The van der Waals surface area contributed by atoms with Crippen molar-refractivity contribution in [3.63, 3.8) is 0 Å². The van der Waals surface area contributed by atoms with Crippen molar-refractivity contribution in [2.24, 2.45) is 0 Å². The van der Waals surface area contributed by atoms with Gasteiger partial charge in [-0.1, -0.05) is 0 Å². The summed E-state index contributed by atoms with van der Waals surface area (Å²) in [7, 11) is 1.92. The average Bonchev–Trinajstić information content (AvgIpc) is 2.69. The van der Waals surface area contributed by atoms with Crippen LogP contribution in [0.3, 0.4) is 0 Å². The number of pyridine rings is 1. The van der Waals surface area contributed by atoms with Crippen molar-refractivity contribution in [2.75, 3.05) is 32.1 Å². The van der Waals surface area contributed by atoms with E-state index in [1.807, 2.05) is 48.3 Å². The number of amides is 1. The molecular formula is C21H27N3O3. The molecule has 3 rings (SSSR count). The number of hydrogen-bond donors (Lipinski definition) is 1. The Morgan fingerprint density at radius 2 is 2.00 bits per heavy atom. The number of hydrogen-bond acceptors (Lipinski definition) is 5. The van der Waals surface area contributed by atoms with E-state index >= 15 is 0 Å². The Bertz CT molecular complexity index is 700. The molecule has 1 saturated heterocycles. The van der Waals surface area contributed by atoms with Crippen molar-refractivity contribution in [1.82, 2.24) is 9.88 Å². The van der Waals surface area contributed by atoms with E-state index in [-0.39, 0.29) is 12.0 Å². The number of likely N-dealkylation sites (N-methyl/N-ethyl adjacent to an activating group) is 1. The molecule has 144 valence electrons. The van der Waals surface area contributed by atoms with Crippen LogP contribution in [-0.2, 0) is 16.1 Å². The summed E-state index contributed by atoms with van der Waals surface area (Å²) in [5.41, 5.74) is 1.89. The summed E-state index contributed by atoms with van der Waals surface area (Å²) in [6.45, 7) is 2.42. The van der Waals surface area contributed by atoms with Crippen LogP contribution in [0.5, 0.6) is 5.75 Å². The smallest absolute Gasteiger partial charge is 0.238 e. The zero-order valence-corrected chi connectivity index (χ0v) is 15.8. The lowest BCUT2D eigenvalue weighted by Crippen LogP contribution is -2.29. The maximum Gasteiger partial charge on any atom is 0.238 e. The average molecular weight is 369 g/mol. The molecule has 1 aliphatic heterocycles. The van der Waals surface area contributed by atoms with Crippen LogP contribution >= 0.6 is 0 Å². The number of carbonyl (C=O) groups is 1. The van der Waals surface area contributed by atoms with Crippen molar-refractivity contribution >= 4 is 11.6 Å². The quantitative estimate of drug-likeness (QED) is 0.775. The lowest BCUT2D eigenvalue weighted by Gasteiger charge is -2.22. The predicted molar refractivity (Wildman–Crippen MR) is 105 cm³/mol. The van der Waals surface area contributed by atoms with Crippen molar-refractivity contribution < 1.29 is 14.3 Å². The van der Waals surface area contributed by atoms with E-state index in [9.17, 15) is 4.79 Å². The first-order valence-electron chi connectivity index (χ1n) is 9.41. The number of nitrogens with one attached hydrogen (secondary N) is 1. The van der Waals surface area contributed by atoms with Crippen LogP contribution in [-0.4, -0.2) is 48.7 Å². The second-order valence-electron chi connectivity index (χ2n) is 6.90. The SMILES string of the molecule is CN(CC(=O)Nc1ccc(OCC2CCCCO2)cc1)Cc1ccncc1. The normalized spacial score (nSPS) is 16.9. The molecule has 0 aliphatic carbocycles. The van der Waals surface area contributed by atoms with Crippen LogP contribution in [0.4, 0.5) is 5.69 Å². The zero-order chi connectivity index (χ0) is 18.9. The van der Waals surface area contributed by atoms with Gasteiger partial charge in [-0.25, -0.2) is 0 Å². The fraction of sp³-hybridized carbons (Fsp3) is 0.429. The van der Waals surface area contributed by atoms with Crippen molar-refractivity contribution in [2.45, 2.75) is 31.9 Å². The Hall–Kier alpha value is -2.44. The third-order valence-electron chi connectivity index (χ3n) is 4.46. The number of anilines is 1. The van der Waals surface area contributed by atoms with Gasteiger partial charge in [0.1, 0.15) is 12.4 Å². The van der Waals surface area contributed by atoms with E-state index in [0.717, 1.165) is 36.4 Å². The Morgan fingerprint density at radius 1 is 1.22 bits per heavy atom. The molecule has 2 heterocycles. The topological polar surface area (TPSA) is 63.7 Å². The molecule has 0 saturated carbocycles. The molecule has 1 aliphatic rings. The van der Waals surface area contributed by atoms with Gasteiger partial charge >= 0.3 is 0 Å². The van der Waals surface area contributed by atoms with Crippen LogP contribution in [0.15, 0.2) is 48.8 Å². The van der Waals surface area contributed by atoms with Crippen LogP contribution in [0.25, 0.3) is 0 Å². The van der Waals surface area contributed by atoms with E-state index in [1.54, 1.807) is 12.4 Å². The minimum atomic E-state index is -0.0455. The fourth-order valence-corrected chi connectivity index (χ4v) is 3.06. The van der Waals surface area contributed by atoms with Crippen LogP contribution in [0.1, 0.15) is 24.8 Å². The Balaban J connectivity index is 1.41. The summed E-state index contributed by atoms with van der Waals surface area (Å²) in [6, 6.07) is 11.4. The monoisotopic (exact) mass is 369 g/mol. The van der Waals surface area contributed by atoms with E-state index in [2.05, 4.69) is 10.3 Å². The van der Waals surface area contributed by atoms with E-state index in [1.165, 1.54) is 6.42 Å². The highest BCUT2D eigenvalue weighted by Gasteiger charge is 2.14. The van der Waals surface area contributed by atoms with E-state index in [4.69, 9.17) is 9.47 Å². The third-order valence-corrected chi connectivity index (χ3v) is 4.46. The second kappa shape index (κ2) is 10.0. The highest BCUT2D eigenvalue weighted by atomic mass is 16.5. The minimum absolute atomic E-state index is 0.0455. The van der Waals surface area contributed by atoms with Gasteiger partial charge in [0, 0.05) is 31.2 Å². The highest BCUT2D eigenvalue weighted by molar-refractivity contribution is 5.92. The van der Waals surface area contributed by atoms with Gasteiger partial charge in [0.05, 0.1) is 12.6 Å². The lowest BCUT2D eigenvalue weighted by molar-refractivity contribution is -0.117. The number of carbonyl (C=O) groups excluding carboxylic acids is 1. The fourth-order valence-electron chi connectivity index (χ4n) is 3.06. The minimum Gasteiger partial charge on any atom is -0.491 e. The van der Waals surface area contributed by atoms with Crippen LogP contribution in [0.2, 0.25) is 0 Å². The highest BCUT2D eigenvalue weighted by Crippen LogP contribution is 2.18. The number of rotatable bonds is 8. The summed E-state index contributed by atoms with van der Waals surface area (Å²) in [5, 5.41) is 2.92. The largest absolute Gasteiger partial charge is 0.491 e. The van der Waals surface area contributed by atoms with Gasteiger partial charge in [-0.2, -0.15) is 0 Å². The molecule has 1 N–H and O–H groups in total. The molecule has 27 heavy (non-hydrogen) atoms. The maximum atomic E-state index is 12.2. The van der Waals surface area contributed by atoms with Crippen molar-refractivity contribution in [3.8, 4) is 5.75 Å².